The van der Waals surface area contributed by atoms with E-state index in [1.165, 1.54) is 0 Å². The molecule has 8 nitrogen and oxygen atoms in total. The van der Waals surface area contributed by atoms with E-state index in [-0.39, 0.29) is 24.3 Å². The lowest BCUT2D eigenvalue weighted by Crippen LogP contribution is -2.52. The number of nitrogens with one attached hydrogen (secondary N) is 1. The number of hydrogen-bond acceptors (Lipinski definition) is 5. The zero-order valence-electron chi connectivity index (χ0n) is 19.8. The number of piperazine rings is 1. The normalized spacial score (nSPS) is 17.2. The second kappa shape index (κ2) is 9.77. The lowest BCUT2D eigenvalue weighted by molar-refractivity contribution is -0.126. The van der Waals surface area contributed by atoms with Crippen molar-refractivity contribution in [2.24, 2.45) is 5.92 Å². The van der Waals surface area contributed by atoms with Gasteiger partial charge in [-0.2, -0.15) is 0 Å². The molecule has 2 aromatic rings. The van der Waals surface area contributed by atoms with Crippen LogP contribution in [-0.2, 0) is 11.3 Å². The summed E-state index contributed by atoms with van der Waals surface area (Å²) in [5.41, 5.74) is 2.09. The number of fused-ring (bicyclic) bond motifs is 1. The third-order valence-electron chi connectivity index (χ3n) is 6.46. The molecule has 1 fully saturated rings. The van der Waals surface area contributed by atoms with Gasteiger partial charge in [-0.05, 0) is 42.8 Å². The molecule has 0 bridgehead atoms. The van der Waals surface area contributed by atoms with Crippen LogP contribution in [-0.4, -0.2) is 77.6 Å². The van der Waals surface area contributed by atoms with Gasteiger partial charge in [-0.1, -0.05) is 38.1 Å². The molecule has 0 aromatic heterocycles. The van der Waals surface area contributed by atoms with Crippen molar-refractivity contribution in [3.63, 3.8) is 0 Å². The van der Waals surface area contributed by atoms with Crippen molar-refractivity contribution >= 4 is 23.6 Å². The summed E-state index contributed by atoms with van der Waals surface area (Å²) in [6, 6.07) is 12.9. The van der Waals surface area contributed by atoms with Crippen LogP contribution < -0.4 is 5.32 Å². The van der Waals surface area contributed by atoms with Gasteiger partial charge in [0.05, 0.1) is 11.1 Å². The van der Waals surface area contributed by atoms with Crippen molar-refractivity contribution in [2.75, 3.05) is 33.2 Å². The van der Waals surface area contributed by atoms with E-state index < -0.39 is 17.9 Å². The Bertz CT molecular complexity index is 1070. The van der Waals surface area contributed by atoms with Crippen molar-refractivity contribution in [2.45, 2.75) is 26.4 Å². The minimum Gasteiger partial charge on any atom is -0.350 e. The Hall–Kier alpha value is -3.52. The van der Waals surface area contributed by atoms with Gasteiger partial charge in [0, 0.05) is 38.3 Å². The fraction of sp³-hybridized carbons (Fsp3) is 0.385. The summed E-state index contributed by atoms with van der Waals surface area (Å²) in [5, 5.41) is 2.86. The molecule has 2 aliphatic rings. The monoisotopic (exact) mass is 462 g/mol. The zero-order chi connectivity index (χ0) is 24.4. The number of rotatable bonds is 6. The fourth-order valence-electron chi connectivity index (χ4n) is 4.43. The van der Waals surface area contributed by atoms with Gasteiger partial charge in [0.15, 0.2) is 0 Å². The molecule has 34 heavy (non-hydrogen) atoms. The Labute approximate surface area is 199 Å². The number of carbonyl (C=O) groups excluding carboxylic acids is 4. The highest BCUT2D eigenvalue weighted by Crippen LogP contribution is 2.27. The van der Waals surface area contributed by atoms with Gasteiger partial charge in [0.1, 0.15) is 6.04 Å². The topological polar surface area (TPSA) is 90.0 Å². The van der Waals surface area contributed by atoms with E-state index in [2.05, 4.69) is 10.2 Å². The summed E-state index contributed by atoms with van der Waals surface area (Å²) in [6.07, 6.45) is 0. The average molecular weight is 463 g/mol. The molecule has 178 valence electrons. The molecule has 0 aliphatic carbocycles. The van der Waals surface area contributed by atoms with Gasteiger partial charge in [0.25, 0.3) is 17.7 Å². The Morgan fingerprint density at radius 2 is 1.44 bits per heavy atom. The van der Waals surface area contributed by atoms with E-state index in [0.29, 0.717) is 29.8 Å². The molecule has 4 amide bonds. The summed E-state index contributed by atoms with van der Waals surface area (Å²) in [4.78, 5) is 56.6. The van der Waals surface area contributed by atoms with Gasteiger partial charge in [-0.3, -0.25) is 24.1 Å². The van der Waals surface area contributed by atoms with Gasteiger partial charge >= 0.3 is 0 Å². The van der Waals surface area contributed by atoms with E-state index in [0.717, 1.165) is 23.6 Å². The Kier molecular flexibility index (Phi) is 6.79. The van der Waals surface area contributed by atoms with Crippen LogP contribution in [0.1, 0.15) is 50.5 Å². The average Bonchev–Trinajstić information content (AvgIpc) is 3.08. The third-order valence-corrected chi connectivity index (χ3v) is 6.46. The highest BCUT2D eigenvalue weighted by Gasteiger charge is 2.43. The number of hydrogen-bond donors (Lipinski definition) is 1. The van der Waals surface area contributed by atoms with Crippen LogP contribution in [0.2, 0.25) is 0 Å². The molecule has 1 unspecified atom stereocenters. The Morgan fingerprint density at radius 3 is 1.97 bits per heavy atom. The number of nitrogens with zero attached hydrogens (tertiary/aromatic N) is 3. The second-order valence-electron chi connectivity index (χ2n) is 9.22. The summed E-state index contributed by atoms with van der Waals surface area (Å²) in [5.74, 6) is -1.52. The molecule has 1 atom stereocenters. The lowest BCUT2D eigenvalue weighted by Gasteiger charge is -2.32. The van der Waals surface area contributed by atoms with Crippen LogP contribution >= 0.6 is 0 Å². The van der Waals surface area contributed by atoms with Crippen molar-refractivity contribution in [3.05, 3.63) is 70.8 Å². The Balaban J connectivity index is 1.40. The number of likely N-dealkylation sites (N-methyl/N-ethyl adjacent to an activating group) is 1. The summed E-state index contributed by atoms with van der Waals surface area (Å²) in [6.45, 7) is 7.00. The highest BCUT2D eigenvalue weighted by molar-refractivity contribution is 6.22. The maximum Gasteiger partial charge on any atom is 0.262 e. The number of imide groups is 1. The molecule has 0 spiro atoms. The predicted molar refractivity (Wildman–Crippen MR) is 127 cm³/mol. The first-order valence-corrected chi connectivity index (χ1v) is 11.6. The molecule has 8 heteroatoms. The van der Waals surface area contributed by atoms with E-state index in [1.807, 2.05) is 37.9 Å². The van der Waals surface area contributed by atoms with Crippen LogP contribution in [0.15, 0.2) is 48.5 Å². The van der Waals surface area contributed by atoms with Crippen molar-refractivity contribution in [3.8, 4) is 0 Å². The maximum absolute atomic E-state index is 13.1. The minimum atomic E-state index is -0.912. The SMILES string of the molecule is CC(C)C(C(=O)NCc1ccc(C(=O)N2CCN(C)CC2)cc1)N1C(=O)c2ccccc2C1=O. The van der Waals surface area contributed by atoms with Crippen molar-refractivity contribution in [1.82, 2.24) is 20.0 Å². The van der Waals surface area contributed by atoms with Crippen molar-refractivity contribution < 1.29 is 19.2 Å². The van der Waals surface area contributed by atoms with E-state index in [1.54, 1.807) is 36.4 Å². The first-order chi connectivity index (χ1) is 16.3. The van der Waals surface area contributed by atoms with Gasteiger partial charge < -0.3 is 15.1 Å². The van der Waals surface area contributed by atoms with E-state index >= 15 is 0 Å². The van der Waals surface area contributed by atoms with E-state index in [4.69, 9.17) is 0 Å². The molecule has 1 N–H and O–H groups in total. The van der Waals surface area contributed by atoms with Crippen LogP contribution in [0.25, 0.3) is 0 Å². The van der Waals surface area contributed by atoms with E-state index in [9.17, 15) is 19.2 Å². The van der Waals surface area contributed by atoms with Crippen LogP contribution in [0.4, 0.5) is 0 Å². The fourth-order valence-corrected chi connectivity index (χ4v) is 4.43. The largest absolute Gasteiger partial charge is 0.350 e. The van der Waals surface area contributed by atoms with Crippen LogP contribution in [0, 0.1) is 5.92 Å². The summed E-state index contributed by atoms with van der Waals surface area (Å²) >= 11 is 0. The minimum absolute atomic E-state index is 0.00850. The number of carbonyl (C=O) groups is 4. The molecule has 2 aromatic carbocycles. The van der Waals surface area contributed by atoms with Gasteiger partial charge in [-0.15, -0.1) is 0 Å². The lowest BCUT2D eigenvalue weighted by atomic mass is 10.0. The number of amides is 4. The molecule has 0 saturated carbocycles. The first-order valence-electron chi connectivity index (χ1n) is 11.6. The molecule has 4 rings (SSSR count). The Morgan fingerprint density at radius 1 is 0.882 bits per heavy atom. The maximum atomic E-state index is 13.1. The third kappa shape index (κ3) is 4.59. The standard InChI is InChI=1S/C26H30N4O4/c1-17(2)22(30-25(33)20-6-4-5-7-21(20)26(30)34)23(31)27-16-18-8-10-19(11-9-18)24(32)29-14-12-28(3)13-15-29/h4-11,17,22H,12-16H2,1-3H3,(H,27,31). The second-order valence-corrected chi connectivity index (χ2v) is 9.22. The molecule has 2 aliphatic heterocycles. The number of benzene rings is 2. The molecule has 0 radical (unpaired) electrons. The first kappa shape index (κ1) is 23.6. The zero-order valence-corrected chi connectivity index (χ0v) is 19.8. The quantitative estimate of drug-likeness (QED) is 0.664. The van der Waals surface area contributed by atoms with Gasteiger partial charge in [0.2, 0.25) is 5.91 Å². The molecule has 2 heterocycles. The highest BCUT2D eigenvalue weighted by atomic mass is 16.2. The van der Waals surface area contributed by atoms with Crippen LogP contribution in [0.3, 0.4) is 0 Å². The predicted octanol–water partition coefficient (Wildman–Crippen LogP) is 2.01. The molecular weight excluding hydrogens is 432 g/mol. The van der Waals surface area contributed by atoms with Crippen LogP contribution in [0.5, 0.6) is 0 Å². The summed E-state index contributed by atoms with van der Waals surface area (Å²) < 4.78 is 0. The summed E-state index contributed by atoms with van der Waals surface area (Å²) in [7, 11) is 2.04. The molecular formula is C26H30N4O4. The smallest absolute Gasteiger partial charge is 0.262 e. The molecule has 1 saturated heterocycles. The van der Waals surface area contributed by atoms with Crippen molar-refractivity contribution in [1.29, 1.82) is 0 Å². The van der Waals surface area contributed by atoms with Gasteiger partial charge in [-0.25, -0.2) is 0 Å².